The third kappa shape index (κ3) is 3.78. The highest BCUT2D eigenvalue weighted by molar-refractivity contribution is 6.30. The van der Waals surface area contributed by atoms with E-state index in [-0.39, 0.29) is 41.5 Å². The minimum Gasteiger partial charge on any atom is -0.508 e. The van der Waals surface area contributed by atoms with E-state index in [1.165, 1.54) is 23.2 Å². The monoisotopic (exact) mass is 454 g/mol. The lowest BCUT2D eigenvalue weighted by Gasteiger charge is -2.21. The molecule has 1 aromatic heterocycles. The van der Waals surface area contributed by atoms with E-state index in [2.05, 4.69) is 10.1 Å². The van der Waals surface area contributed by atoms with Crippen LogP contribution in [-0.4, -0.2) is 36.4 Å². The van der Waals surface area contributed by atoms with Gasteiger partial charge in [0.15, 0.2) is 0 Å². The van der Waals surface area contributed by atoms with Crippen molar-refractivity contribution in [3.05, 3.63) is 85.5 Å². The smallest absolute Gasteiger partial charge is 0.335 e. The van der Waals surface area contributed by atoms with E-state index in [4.69, 9.17) is 11.6 Å². The van der Waals surface area contributed by atoms with Crippen molar-refractivity contribution in [1.82, 2.24) is 14.6 Å². The number of nitrogens with one attached hydrogen (secondary N) is 1. The van der Waals surface area contributed by atoms with Gasteiger partial charge in [-0.2, -0.15) is 5.10 Å². The van der Waals surface area contributed by atoms with Crippen LogP contribution >= 0.6 is 11.6 Å². The number of hydrogen-bond donors (Lipinski definition) is 3. The first-order valence-electron chi connectivity index (χ1n) is 9.83. The summed E-state index contributed by atoms with van der Waals surface area (Å²) in [7, 11) is 0. The quantitative estimate of drug-likeness (QED) is 0.558. The Kier molecular flexibility index (Phi) is 5.58. The summed E-state index contributed by atoms with van der Waals surface area (Å²) in [6.07, 6.45) is 0.302. The maximum Gasteiger partial charge on any atom is 0.335 e. The predicted molar refractivity (Wildman–Crippen MR) is 118 cm³/mol. The number of hydrogen-bond acceptors (Lipinski definition) is 6. The lowest BCUT2D eigenvalue weighted by molar-refractivity contribution is -0.132. The van der Waals surface area contributed by atoms with Gasteiger partial charge in [-0.15, -0.1) is 0 Å². The van der Waals surface area contributed by atoms with Crippen molar-refractivity contribution in [3.8, 4) is 17.3 Å². The van der Waals surface area contributed by atoms with Gasteiger partial charge in [0.1, 0.15) is 11.3 Å². The van der Waals surface area contributed by atoms with Crippen molar-refractivity contribution in [2.24, 2.45) is 5.10 Å². The number of carbonyl (C=O) groups is 1. The van der Waals surface area contributed by atoms with Crippen LogP contribution in [0.3, 0.4) is 0 Å². The van der Waals surface area contributed by atoms with Crippen LogP contribution in [-0.2, 0) is 4.79 Å². The number of rotatable bonds is 4. The number of aromatic amines is 1. The fraction of sp³-hybridized carbons (Fsp3) is 0.182. The van der Waals surface area contributed by atoms with E-state index in [9.17, 15) is 24.6 Å². The summed E-state index contributed by atoms with van der Waals surface area (Å²) in [5.41, 5.74) is -0.761. The van der Waals surface area contributed by atoms with Gasteiger partial charge in [-0.3, -0.25) is 14.6 Å². The molecule has 2 heterocycles. The Morgan fingerprint density at radius 2 is 1.91 bits per heavy atom. The number of aromatic nitrogens is 2. The molecule has 1 aliphatic rings. The molecule has 0 saturated heterocycles. The molecular weight excluding hydrogens is 436 g/mol. The summed E-state index contributed by atoms with van der Waals surface area (Å²) in [5, 5.41) is 26.4. The number of benzene rings is 2. The molecular formula is C22H19ClN4O5. The highest BCUT2D eigenvalue weighted by atomic mass is 35.5. The van der Waals surface area contributed by atoms with E-state index in [0.717, 1.165) is 4.57 Å². The number of nitrogens with zero attached hydrogens (tertiary/aromatic N) is 3. The maximum absolute atomic E-state index is 12.7. The molecule has 0 bridgehead atoms. The van der Waals surface area contributed by atoms with Crippen LogP contribution in [0.2, 0.25) is 5.02 Å². The Morgan fingerprint density at radius 1 is 1.19 bits per heavy atom. The van der Waals surface area contributed by atoms with Crippen molar-refractivity contribution < 1.29 is 15.0 Å². The maximum atomic E-state index is 12.7. The molecule has 0 fully saturated rings. The molecule has 32 heavy (non-hydrogen) atoms. The number of hydrazone groups is 1. The van der Waals surface area contributed by atoms with Crippen molar-refractivity contribution in [2.45, 2.75) is 25.8 Å². The fourth-order valence-electron chi connectivity index (χ4n) is 3.65. The zero-order valence-electron chi connectivity index (χ0n) is 16.9. The number of aromatic hydroxyl groups is 2. The average molecular weight is 455 g/mol. The van der Waals surface area contributed by atoms with E-state index in [0.29, 0.717) is 10.6 Å². The van der Waals surface area contributed by atoms with Crippen molar-refractivity contribution >= 4 is 23.2 Å². The minimum absolute atomic E-state index is 0.0731. The van der Waals surface area contributed by atoms with Crippen LogP contribution in [0, 0.1) is 0 Å². The normalized spacial score (nSPS) is 15.6. The van der Waals surface area contributed by atoms with Crippen LogP contribution in [0.15, 0.2) is 63.2 Å². The van der Waals surface area contributed by atoms with Gasteiger partial charge in [0.25, 0.3) is 5.56 Å². The second-order valence-electron chi connectivity index (χ2n) is 7.22. The summed E-state index contributed by atoms with van der Waals surface area (Å²) in [5.74, 6) is -0.809. The molecule has 3 aromatic rings. The van der Waals surface area contributed by atoms with Crippen molar-refractivity contribution in [1.29, 1.82) is 0 Å². The summed E-state index contributed by atoms with van der Waals surface area (Å²) >= 11 is 6.01. The molecule has 9 nitrogen and oxygen atoms in total. The Balaban J connectivity index is 1.85. The Hall–Kier alpha value is -3.85. The van der Waals surface area contributed by atoms with Gasteiger partial charge in [0.2, 0.25) is 11.8 Å². The number of phenols is 1. The molecule has 0 unspecified atom stereocenters. The number of halogens is 1. The van der Waals surface area contributed by atoms with Crippen LogP contribution < -0.4 is 11.2 Å². The Labute approximate surface area is 186 Å². The van der Waals surface area contributed by atoms with E-state index in [1.807, 2.05) is 0 Å². The molecule has 1 amide bonds. The average Bonchev–Trinajstić information content (AvgIpc) is 3.18. The Morgan fingerprint density at radius 3 is 2.56 bits per heavy atom. The van der Waals surface area contributed by atoms with Crippen LogP contribution in [0.25, 0.3) is 5.69 Å². The molecule has 0 saturated carbocycles. The molecule has 164 valence electrons. The van der Waals surface area contributed by atoms with Gasteiger partial charge >= 0.3 is 5.69 Å². The van der Waals surface area contributed by atoms with Gasteiger partial charge in [-0.1, -0.05) is 36.7 Å². The molecule has 4 rings (SSSR count). The van der Waals surface area contributed by atoms with Crippen molar-refractivity contribution in [2.75, 3.05) is 0 Å². The first-order chi connectivity index (χ1) is 15.3. The molecule has 0 radical (unpaired) electrons. The van der Waals surface area contributed by atoms with Gasteiger partial charge in [-0.05, 0) is 35.9 Å². The molecule has 10 heteroatoms. The first-order valence-corrected chi connectivity index (χ1v) is 10.2. The second-order valence-corrected chi connectivity index (χ2v) is 7.66. The van der Waals surface area contributed by atoms with Crippen LogP contribution in [0.4, 0.5) is 0 Å². The van der Waals surface area contributed by atoms with E-state index in [1.54, 1.807) is 37.3 Å². The first kappa shape index (κ1) is 21.4. The van der Waals surface area contributed by atoms with Gasteiger partial charge in [0, 0.05) is 17.9 Å². The summed E-state index contributed by atoms with van der Waals surface area (Å²) < 4.78 is 0.922. The molecule has 1 aliphatic heterocycles. The van der Waals surface area contributed by atoms with Gasteiger partial charge in [-0.25, -0.2) is 14.4 Å². The zero-order valence-corrected chi connectivity index (χ0v) is 17.7. The zero-order chi connectivity index (χ0) is 23.0. The molecule has 0 spiro atoms. The summed E-state index contributed by atoms with van der Waals surface area (Å²) in [6.45, 7) is 1.69. The lowest BCUT2D eigenvalue weighted by Crippen LogP contribution is -2.33. The number of H-pyrrole nitrogens is 1. The fourth-order valence-corrected chi connectivity index (χ4v) is 3.83. The third-order valence-electron chi connectivity index (χ3n) is 5.19. The standard InChI is InChI=1S/C22H19ClN4O5/c1-2-18(29)27-17(12-6-8-15(28)9-7-12)11-16(25-27)19-20(30)24-22(32)26(21(19)31)14-5-3-4-13(23)10-14/h3-10,17,28,31H,2,11H2,1H3,(H,24,30,32)/t17-/m1/s1. The SMILES string of the molecule is CCC(=O)N1N=C(c2c(O)n(-c3cccc(Cl)c3)c(=O)[nH]c2=O)C[C@@H]1c1ccc(O)cc1. The predicted octanol–water partition coefficient (Wildman–Crippen LogP) is 2.68. The van der Waals surface area contributed by atoms with Crippen LogP contribution in [0.1, 0.15) is 36.9 Å². The number of phenolic OH excluding ortho intramolecular Hbond substituents is 1. The van der Waals surface area contributed by atoms with Gasteiger partial charge < -0.3 is 10.2 Å². The number of carbonyl (C=O) groups excluding carboxylic acids is 1. The van der Waals surface area contributed by atoms with E-state index < -0.39 is 23.2 Å². The molecule has 1 atom stereocenters. The van der Waals surface area contributed by atoms with Crippen molar-refractivity contribution in [3.63, 3.8) is 0 Å². The highest BCUT2D eigenvalue weighted by Gasteiger charge is 2.35. The molecule has 0 aliphatic carbocycles. The summed E-state index contributed by atoms with van der Waals surface area (Å²) in [4.78, 5) is 39.8. The Bertz CT molecular complexity index is 1340. The highest BCUT2D eigenvalue weighted by Crippen LogP contribution is 2.35. The molecule has 3 N–H and O–H groups in total. The number of amides is 1. The van der Waals surface area contributed by atoms with Crippen LogP contribution in [0.5, 0.6) is 11.6 Å². The second kappa shape index (κ2) is 8.35. The van der Waals surface area contributed by atoms with Gasteiger partial charge in [0.05, 0.1) is 17.4 Å². The lowest BCUT2D eigenvalue weighted by atomic mass is 9.99. The largest absolute Gasteiger partial charge is 0.508 e. The third-order valence-corrected chi connectivity index (χ3v) is 5.42. The molecule has 2 aromatic carbocycles. The van der Waals surface area contributed by atoms with E-state index >= 15 is 0 Å². The minimum atomic E-state index is -0.839. The summed E-state index contributed by atoms with van der Waals surface area (Å²) in [6, 6.07) is 12.0. The topological polar surface area (TPSA) is 128 Å².